The fourth-order valence-corrected chi connectivity index (χ4v) is 2.88. The highest BCUT2D eigenvalue weighted by atomic mass is 16.3. The van der Waals surface area contributed by atoms with Crippen LogP contribution in [0.4, 0.5) is 11.5 Å². The lowest BCUT2D eigenvalue weighted by Crippen LogP contribution is -2.44. The molecule has 0 aliphatic carbocycles. The summed E-state index contributed by atoms with van der Waals surface area (Å²) in [5.74, 6) is 1.67. The van der Waals surface area contributed by atoms with Crippen molar-refractivity contribution >= 4 is 11.5 Å². The van der Waals surface area contributed by atoms with Crippen LogP contribution in [-0.4, -0.2) is 34.4 Å². The normalized spacial score (nSPS) is 18.2. The molecule has 0 saturated carbocycles. The highest BCUT2D eigenvalue weighted by molar-refractivity contribution is 5.76. The van der Waals surface area contributed by atoms with Crippen molar-refractivity contribution in [2.24, 2.45) is 5.92 Å². The second-order valence-electron chi connectivity index (χ2n) is 6.38. The zero-order valence-electron chi connectivity index (χ0n) is 14.0. The number of benzene rings is 1. The van der Waals surface area contributed by atoms with Gasteiger partial charge in [0.05, 0.1) is 11.4 Å². The first kappa shape index (κ1) is 15.6. The zero-order valence-corrected chi connectivity index (χ0v) is 14.0. The summed E-state index contributed by atoms with van der Waals surface area (Å²) in [6.07, 6.45) is 1.15. The van der Waals surface area contributed by atoms with E-state index in [4.69, 9.17) is 0 Å². The highest BCUT2D eigenvalue weighted by Gasteiger charge is 2.26. The molecule has 23 heavy (non-hydrogen) atoms. The quantitative estimate of drug-likeness (QED) is 0.904. The average Bonchev–Trinajstić information content (AvgIpc) is 2.57. The number of fused-ring (bicyclic) bond motifs is 1. The van der Waals surface area contributed by atoms with Crippen LogP contribution in [0.5, 0.6) is 5.75 Å². The van der Waals surface area contributed by atoms with Gasteiger partial charge in [0, 0.05) is 24.7 Å². The molecule has 0 saturated heterocycles. The number of anilines is 2. The molecule has 0 spiro atoms. The summed E-state index contributed by atoms with van der Waals surface area (Å²) in [6.45, 7) is 8.58. The molecule has 122 valence electrons. The summed E-state index contributed by atoms with van der Waals surface area (Å²) >= 11 is 0. The van der Waals surface area contributed by atoms with Crippen molar-refractivity contribution in [1.82, 2.24) is 10.2 Å². The predicted molar refractivity (Wildman–Crippen MR) is 93.9 cm³/mol. The highest BCUT2D eigenvalue weighted by Crippen LogP contribution is 2.35. The molecule has 5 heteroatoms. The van der Waals surface area contributed by atoms with Gasteiger partial charge in [-0.2, -0.15) is 0 Å². The Balaban J connectivity index is 2.01. The van der Waals surface area contributed by atoms with Crippen LogP contribution < -0.4 is 10.2 Å². The summed E-state index contributed by atoms with van der Waals surface area (Å²) in [5, 5.41) is 22.0. The molecule has 1 aliphatic heterocycles. The lowest BCUT2D eigenvalue weighted by Gasteiger charge is -2.38. The van der Waals surface area contributed by atoms with Crippen molar-refractivity contribution < 1.29 is 5.11 Å². The number of hydrogen-bond acceptors (Lipinski definition) is 5. The number of aromatic hydroxyl groups is 1. The lowest BCUT2D eigenvalue weighted by atomic mass is 10.0. The first-order chi connectivity index (χ1) is 11.1. The zero-order chi connectivity index (χ0) is 16.4. The van der Waals surface area contributed by atoms with Crippen molar-refractivity contribution in [2.45, 2.75) is 33.2 Å². The van der Waals surface area contributed by atoms with Gasteiger partial charge in [-0.05, 0) is 31.0 Å². The minimum absolute atomic E-state index is 0.229. The molecule has 2 atom stereocenters. The van der Waals surface area contributed by atoms with E-state index in [1.54, 1.807) is 6.07 Å². The predicted octanol–water partition coefficient (Wildman–Crippen LogP) is 3.52. The molecular formula is C18H24N4O. The third kappa shape index (κ3) is 3.09. The maximum absolute atomic E-state index is 10.1. The van der Waals surface area contributed by atoms with E-state index in [2.05, 4.69) is 41.2 Å². The average molecular weight is 312 g/mol. The Labute approximate surface area is 137 Å². The number of phenolic OH excluding ortho intramolecular Hbond substituents is 1. The Kier molecular flexibility index (Phi) is 4.37. The van der Waals surface area contributed by atoms with E-state index in [-0.39, 0.29) is 5.75 Å². The molecule has 5 nitrogen and oxygen atoms in total. The van der Waals surface area contributed by atoms with E-state index in [0.29, 0.717) is 23.2 Å². The molecule has 2 heterocycles. The maximum Gasteiger partial charge on any atom is 0.172 e. The molecule has 0 fully saturated rings. The minimum atomic E-state index is 0.229. The molecule has 1 aromatic carbocycles. The van der Waals surface area contributed by atoms with Crippen molar-refractivity contribution in [3.8, 4) is 17.0 Å². The van der Waals surface area contributed by atoms with Crippen LogP contribution in [0.1, 0.15) is 27.2 Å². The van der Waals surface area contributed by atoms with Gasteiger partial charge in [0.25, 0.3) is 0 Å². The van der Waals surface area contributed by atoms with Crippen LogP contribution in [0.3, 0.4) is 0 Å². The van der Waals surface area contributed by atoms with Crippen LogP contribution in [0.25, 0.3) is 11.3 Å². The van der Waals surface area contributed by atoms with E-state index in [9.17, 15) is 5.11 Å². The first-order valence-electron chi connectivity index (χ1n) is 8.26. The minimum Gasteiger partial charge on any atom is -0.507 e. The summed E-state index contributed by atoms with van der Waals surface area (Å²) in [7, 11) is 0. The Morgan fingerprint density at radius 3 is 2.87 bits per heavy atom. The second kappa shape index (κ2) is 6.44. The Bertz CT molecular complexity index is 688. The van der Waals surface area contributed by atoms with E-state index in [0.717, 1.165) is 31.0 Å². The van der Waals surface area contributed by atoms with Crippen LogP contribution >= 0.6 is 0 Å². The molecule has 2 aromatic rings. The van der Waals surface area contributed by atoms with E-state index in [1.165, 1.54) is 0 Å². The van der Waals surface area contributed by atoms with Crippen LogP contribution in [0.2, 0.25) is 0 Å². The number of rotatable bonds is 4. The molecule has 1 aromatic heterocycles. The number of hydrogen-bond donors (Lipinski definition) is 2. The standard InChI is InChI=1S/C18H24N4O/c1-4-12(2)11-22-13(3)10-19-18-16(22)9-15(20-21-18)14-7-5-6-8-17(14)23/h5-9,12-13,23H,4,10-11H2,1-3H3,(H,19,21). The van der Waals surface area contributed by atoms with Crippen molar-refractivity contribution in [2.75, 3.05) is 23.3 Å². The summed E-state index contributed by atoms with van der Waals surface area (Å²) < 4.78 is 0. The van der Waals surface area contributed by atoms with Gasteiger partial charge >= 0.3 is 0 Å². The third-order valence-corrected chi connectivity index (χ3v) is 4.57. The number of nitrogens with one attached hydrogen (secondary N) is 1. The molecule has 3 rings (SSSR count). The van der Waals surface area contributed by atoms with Crippen LogP contribution in [-0.2, 0) is 0 Å². The number of nitrogens with zero attached hydrogens (tertiary/aromatic N) is 3. The molecule has 0 radical (unpaired) electrons. The fraction of sp³-hybridized carbons (Fsp3) is 0.444. The van der Waals surface area contributed by atoms with Gasteiger partial charge in [-0.25, -0.2) is 0 Å². The van der Waals surface area contributed by atoms with E-state index in [1.807, 2.05) is 24.3 Å². The summed E-state index contributed by atoms with van der Waals surface area (Å²) in [5.41, 5.74) is 2.48. The van der Waals surface area contributed by atoms with E-state index >= 15 is 0 Å². The topological polar surface area (TPSA) is 61.3 Å². The Morgan fingerprint density at radius 1 is 1.35 bits per heavy atom. The second-order valence-corrected chi connectivity index (χ2v) is 6.38. The number of phenols is 1. The van der Waals surface area contributed by atoms with Gasteiger partial charge in [0.1, 0.15) is 5.75 Å². The lowest BCUT2D eigenvalue weighted by molar-refractivity contribution is 0.477. The number of para-hydroxylation sites is 1. The van der Waals surface area contributed by atoms with Crippen molar-refractivity contribution in [3.63, 3.8) is 0 Å². The fourth-order valence-electron chi connectivity index (χ4n) is 2.88. The van der Waals surface area contributed by atoms with Gasteiger partial charge in [-0.1, -0.05) is 32.4 Å². The molecule has 0 amide bonds. The Hall–Kier alpha value is -2.30. The summed E-state index contributed by atoms with van der Waals surface area (Å²) in [6, 6.07) is 9.68. The maximum atomic E-state index is 10.1. The van der Waals surface area contributed by atoms with Crippen molar-refractivity contribution in [1.29, 1.82) is 0 Å². The molecule has 1 aliphatic rings. The van der Waals surface area contributed by atoms with Crippen LogP contribution in [0.15, 0.2) is 30.3 Å². The number of aromatic nitrogens is 2. The monoisotopic (exact) mass is 312 g/mol. The van der Waals surface area contributed by atoms with Gasteiger partial charge in [-0.3, -0.25) is 0 Å². The molecule has 2 N–H and O–H groups in total. The SMILES string of the molecule is CCC(C)CN1c2cc(-c3ccccc3O)nnc2NCC1C. The Morgan fingerprint density at radius 2 is 2.13 bits per heavy atom. The first-order valence-corrected chi connectivity index (χ1v) is 8.26. The molecule has 0 bridgehead atoms. The van der Waals surface area contributed by atoms with Gasteiger partial charge in [0.15, 0.2) is 5.82 Å². The van der Waals surface area contributed by atoms with Gasteiger partial charge < -0.3 is 15.3 Å². The summed E-state index contributed by atoms with van der Waals surface area (Å²) in [4.78, 5) is 2.40. The molecular weight excluding hydrogens is 288 g/mol. The van der Waals surface area contributed by atoms with Crippen molar-refractivity contribution in [3.05, 3.63) is 30.3 Å². The van der Waals surface area contributed by atoms with E-state index < -0.39 is 0 Å². The van der Waals surface area contributed by atoms with Gasteiger partial charge in [0.2, 0.25) is 0 Å². The third-order valence-electron chi connectivity index (χ3n) is 4.57. The molecule has 2 unspecified atom stereocenters. The smallest absolute Gasteiger partial charge is 0.172 e. The largest absolute Gasteiger partial charge is 0.507 e. The van der Waals surface area contributed by atoms with Gasteiger partial charge in [-0.15, -0.1) is 10.2 Å². The van der Waals surface area contributed by atoms with Crippen LogP contribution in [0, 0.1) is 5.92 Å².